The predicted octanol–water partition coefficient (Wildman–Crippen LogP) is 1.22. The first-order valence-electron chi connectivity index (χ1n) is 5.76. The van der Waals surface area contributed by atoms with Gasteiger partial charge in [-0.15, -0.1) is 12.4 Å². The molecule has 0 spiro atoms. The van der Waals surface area contributed by atoms with Crippen molar-refractivity contribution in [2.45, 2.75) is 18.9 Å². The summed E-state index contributed by atoms with van der Waals surface area (Å²) in [5.74, 6) is 0.417. The SMILES string of the molecule is COC(=O)c1cccc(N2CCC(N)CC2)n1.Cl. The van der Waals surface area contributed by atoms with Crippen molar-refractivity contribution in [1.29, 1.82) is 0 Å². The van der Waals surface area contributed by atoms with E-state index >= 15 is 0 Å². The smallest absolute Gasteiger partial charge is 0.356 e. The molecule has 0 unspecified atom stereocenters. The number of rotatable bonds is 2. The van der Waals surface area contributed by atoms with Crippen molar-refractivity contribution in [2.24, 2.45) is 5.73 Å². The molecule has 0 atom stereocenters. The third-order valence-electron chi connectivity index (χ3n) is 2.99. The number of piperidine rings is 1. The Hall–Kier alpha value is -1.33. The van der Waals surface area contributed by atoms with Gasteiger partial charge < -0.3 is 15.4 Å². The second-order valence-corrected chi connectivity index (χ2v) is 4.20. The number of carbonyl (C=O) groups excluding carboxylic acids is 1. The summed E-state index contributed by atoms with van der Waals surface area (Å²) in [6.45, 7) is 1.78. The van der Waals surface area contributed by atoms with Crippen LogP contribution in [0.5, 0.6) is 0 Å². The maximum atomic E-state index is 11.4. The minimum atomic E-state index is -0.402. The van der Waals surface area contributed by atoms with Crippen LogP contribution in [0.3, 0.4) is 0 Å². The molecule has 0 amide bonds. The molecule has 1 saturated heterocycles. The third kappa shape index (κ3) is 3.34. The van der Waals surface area contributed by atoms with Crippen LogP contribution in [0.4, 0.5) is 5.82 Å². The average Bonchev–Trinajstić information content (AvgIpc) is 2.39. The fourth-order valence-electron chi connectivity index (χ4n) is 1.95. The van der Waals surface area contributed by atoms with E-state index in [-0.39, 0.29) is 18.4 Å². The quantitative estimate of drug-likeness (QED) is 0.819. The maximum absolute atomic E-state index is 11.4. The normalized spacial score (nSPS) is 16.0. The Kier molecular flexibility index (Phi) is 5.37. The van der Waals surface area contributed by atoms with E-state index in [0.29, 0.717) is 5.69 Å². The second-order valence-electron chi connectivity index (χ2n) is 4.20. The number of hydrogen-bond acceptors (Lipinski definition) is 5. The molecule has 2 N–H and O–H groups in total. The van der Waals surface area contributed by atoms with Gasteiger partial charge >= 0.3 is 5.97 Å². The molecule has 1 aliphatic heterocycles. The van der Waals surface area contributed by atoms with Gasteiger partial charge in [0, 0.05) is 19.1 Å². The van der Waals surface area contributed by atoms with Gasteiger partial charge in [0.15, 0.2) is 5.69 Å². The summed E-state index contributed by atoms with van der Waals surface area (Å²) in [4.78, 5) is 17.8. The Morgan fingerprint density at radius 1 is 1.44 bits per heavy atom. The molecule has 6 heteroatoms. The van der Waals surface area contributed by atoms with Gasteiger partial charge in [-0.05, 0) is 25.0 Å². The lowest BCUT2D eigenvalue weighted by Gasteiger charge is -2.31. The number of aromatic nitrogens is 1. The first-order valence-corrected chi connectivity index (χ1v) is 5.76. The Bertz CT molecular complexity index is 406. The highest BCUT2D eigenvalue weighted by Crippen LogP contribution is 2.17. The van der Waals surface area contributed by atoms with Crippen molar-refractivity contribution < 1.29 is 9.53 Å². The van der Waals surface area contributed by atoms with Gasteiger partial charge in [0.1, 0.15) is 5.82 Å². The van der Waals surface area contributed by atoms with Gasteiger partial charge in [0.05, 0.1) is 7.11 Å². The molecule has 2 heterocycles. The summed E-state index contributed by atoms with van der Waals surface area (Å²) in [6.07, 6.45) is 1.92. The third-order valence-corrected chi connectivity index (χ3v) is 2.99. The van der Waals surface area contributed by atoms with Crippen LogP contribution in [-0.2, 0) is 4.74 Å². The topological polar surface area (TPSA) is 68.5 Å². The van der Waals surface area contributed by atoms with Crippen LogP contribution in [-0.4, -0.2) is 37.2 Å². The molecule has 1 fully saturated rings. The number of carbonyl (C=O) groups is 1. The summed E-state index contributed by atoms with van der Waals surface area (Å²) in [5.41, 5.74) is 6.20. The van der Waals surface area contributed by atoms with Crippen molar-refractivity contribution in [3.63, 3.8) is 0 Å². The van der Waals surface area contributed by atoms with Crippen molar-refractivity contribution in [3.8, 4) is 0 Å². The van der Waals surface area contributed by atoms with Crippen LogP contribution >= 0.6 is 12.4 Å². The molecule has 100 valence electrons. The van der Waals surface area contributed by atoms with E-state index in [0.717, 1.165) is 31.7 Å². The van der Waals surface area contributed by atoms with E-state index in [1.165, 1.54) is 7.11 Å². The van der Waals surface area contributed by atoms with Crippen molar-refractivity contribution >= 4 is 24.2 Å². The number of pyridine rings is 1. The zero-order valence-corrected chi connectivity index (χ0v) is 11.2. The zero-order chi connectivity index (χ0) is 12.3. The molecule has 0 aliphatic carbocycles. The first kappa shape index (κ1) is 14.7. The number of anilines is 1. The molecule has 5 nitrogen and oxygen atoms in total. The van der Waals surface area contributed by atoms with Crippen molar-refractivity contribution in [2.75, 3.05) is 25.1 Å². The Morgan fingerprint density at radius 2 is 2.11 bits per heavy atom. The highest BCUT2D eigenvalue weighted by Gasteiger charge is 2.18. The van der Waals surface area contributed by atoms with Gasteiger partial charge in [0.25, 0.3) is 0 Å². The fourth-order valence-corrected chi connectivity index (χ4v) is 1.95. The van der Waals surface area contributed by atoms with Crippen LogP contribution in [0.25, 0.3) is 0 Å². The van der Waals surface area contributed by atoms with Crippen LogP contribution in [0.1, 0.15) is 23.3 Å². The Labute approximate surface area is 113 Å². The highest BCUT2D eigenvalue weighted by atomic mass is 35.5. The standard InChI is InChI=1S/C12H17N3O2.ClH/c1-17-12(16)10-3-2-4-11(14-10)15-7-5-9(13)6-8-15;/h2-4,9H,5-8,13H2,1H3;1H. The lowest BCUT2D eigenvalue weighted by Crippen LogP contribution is -2.40. The average molecular weight is 272 g/mol. The van der Waals surface area contributed by atoms with E-state index in [1.807, 2.05) is 12.1 Å². The molecule has 18 heavy (non-hydrogen) atoms. The van der Waals surface area contributed by atoms with Crippen LogP contribution in [0.15, 0.2) is 18.2 Å². The molecule has 1 aromatic rings. The van der Waals surface area contributed by atoms with Gasteiger partial charge in [-0.3, -0.25) is 0 Å². The second kappa shape index (κ2) is 6.56. The van der Waals surface area contributed by atoms with Gasteiger partial charge in [-0.1, -0.05) is 6.07 Å². The molecule has 0 bridgehead atoms. The number of hydrogen-bond donors (Lipinski definition) is 1. The monoisotopic (exact) mass is 271 g/mol. The molecule has 1 aliphatic rings. The molecule has 1 aromatic heterocycles. The van der Waals surface area contributed by atoms with Gasteiger partial charge in [0.2, 0.25) is 0 Å². The summed E-state index contributed by atoms with van der Waals surface area (Å²) in [5, 5.41) is 0. The molecule has 0 saturated carbocycles. The largest absolute Gasteiger partial charge is 0.464 e. The minimum absolute atomic E-state index is 0. The van der Waals surface area contributed by atoms with E-state index in [2.05, 4.69) is 14.6 Å². The number of nitrogens with zero attached hydrogens (tertiary/aromatic N) is 2. The lowest BCUT2D eigenvalue weighted by atomic mass is 10.1. The fraction of sp³-hybridized carbons (Fsp3) is 0.500. The molecular formula is C12H18ClN3O2. The predicted molar refractivity (Wildman–Crippen MR) is 72.2 cm³/mol. The van der Waals surface area contributed by atoms with Crippen molar-refractivity contribution in [1.82, 2.24) is 4.98 Å². The lowest BCUT2D eigenvalue weighted by molar-refractivity contribution is 0.0594. The zero-order valence-electron chi connectivity index (χ0n) is 10.3. The van der Waals surface area contributed by atoms with E-state index in [4.69, 9.17) is 5.73 Å². The van der Waals surface area contributed by atoms with E-state index in [1.54, 1.807) is 6.07 Å². The molecule has 2 rings (SSSR count). The van der Waals surface area contributed by atoms with E-state index in [9.17, 15) is 4.79 Å². The van der Waals surface area contributed by atoms with Crippen LogP contribution in [0.2, 0.25) is 0 Å². The van der Waals surface area contributed by atoms with Crippen LogP contribution in [0, 0.1) is 0 Å². The molecule has 0 aromatic carbocycles. The number of nitrogens with two attached hydrogens (primary N) is 1. The minimum Gasteiger partial charge on any atom is -0.464 e. The number of methoxy groups -OCH3 is 1. The number of ether oxygens (including phenoxy) is 1. The molecular weight excluding hydrogens is 254 g/mol. The maximum Gasteiger partial charge on any atom is 0.356 e. The first-order chi connectivity index (χ1) is 8.20. The van der Waals surface area contributed by atoms with Gasteiger partial charge in [-0.25, -0.2) is 9.78 Å². The number of halogens is 1. The van der Waals surface area contributed by atoms with E-state index < -0.39 is 5.97 Å². The van der Waals surface area contributed by atoms with Gasteiger partial charge in [-0.2, -0.15) is 0 Å². The highest BCUT2D eigenvalue weighted by molar-refractivity contribution is 5.87. The molecule has 0 radical (unpaired) electrons. The summed E-state index contributed by atoms with van der Waals surface area (Å²) < 4.78 is 4.66. The van der Waals surface area contributed by atoms with Crippen LogP contribution < -0.4 is 10.6 Å². The van der Waals surface area contributed by atoms with Crippen molar-refractivity contribution in [3.05, 3.63) is 23.9 Å². The number of esters is 1. The summed E-state index contributed by atoms with van der Waals surface area (Å²) in [7, 11) is 1.36. The Morgan fingerprint density at radius 3 is 2.72 bits per heavy atom. The Balaban J connectivity index is 0.00000162. The summed E-state index contributed by atoms with van der Waals surface area (Å²) in [6, 6.07) is 5.67. The summed E-state index contributed by atoms with van der Waals surface area (Å²) >= 11 is 0.